The molecule has 0 saturated carbocycles. The molecule has 32 heavy (non-hydrogen) atoms. The molecule has 1 fully saturated rings. The quantitative estimate of drug-likeness (QED) is 0.521. The fourth-order valence-electron chi connectivity index (χ4n) is 2.84. The summed E-state index contributed by atoms with van der Waals surface area (Å²) in [6.07, 6.45) is 1.50. The number of ether oxygens (including phenoxy) is 2. The fourth-order valence-corrected chi connectivity index (χ4v) is 4.30. The molecule has 0 bridgehead atoms. The normalized spacial score (nSPS) is 14.8. The van der Waals surface area contributed by atoms with Crippen LogP contribution in [0.15, 0.2) is 39.7 Å². The van der Waals surface area contributed by atoms with E-state index in [1.807, 2.05) is 6.92 Å². The van der Waals surface area contributed by atoms with E-state index in [1.165, 1.54) is 13.2 Å². The first-order valence-electron chi connectivity index (χ1n) is 9.24. The third kappa shape index (κ3) is 5.28. The number of nitrogens with one attached hydrogen (secondary N) is 1. The maximum absolute atomic E-state index is 13.7. The summed E-state index contributed by atoms with van der Waals surface area (Å²) < 4.78 is 38.2. The standard InChI is InChI=1S/C21H17BrF2N2O5S/c1-3-31-16-7-11(6-13(22)19(16)30-2)8-17-20(28)26(21(29)32-17)10-18(27)25-15-5-4-12(23)9-14(15)24/h4-9H,3,10H2,1-2H3,(H,25,27)/b17-8+. The molecule has 0 radical (unpaired) electrons. The molecule has 0 aromatic heterocycles. The van der Waals surface area contributed by atoms with E-state index in [0.717, 1.165) is 17.0 Å². The van der Waals surface area contributed by atoms with Gasteiger partial charge in [-0.15, -0.1) is 0 Å². The minimum Gasteiger partial charge on any atom is -0.492 e. The minimum absolute atomic E-state index is 0.107. The van der Waals surface area contributed by atoms with E-state index < -0.39 is 35.2 Å². The minimum atomic E-state index is -0.970. The monoisotopic (exact) mass is 526 g/mol. The van der Waals surface area contributed by atoms with Crippen LogP contribution in [0.2, 0.25) is 0 Å². The summed E-state index contributed by atoms with van der Waals surface area (Å²) in [4.78, 5) is 38.0. The van der Waals surface area contributed by atoms with Crippen LogP contribution in [-0.4, -0.2) is 42.2 Å². The van der Waals surface area contributed by atoms with Crippen LogP contribution in [0.1, 0.15) is 12.5 Å². The molecule has 1 aliphatic rings. The number of halogens is 3. The first-order valence-corrected chi connectivity index (χ1v) is 10.8. The van der Waals surface area contributed by atoms with Gasteiger partial charge in [-0.1, -0.05) is 0 Å². The summed E-state index contributed by atoms with van der Waals surface area (Å²) in [6, 6.07) is 5.99. The van der Waals surface area contributed by atoms with Crippen LogP contribution in [0.25, 0.3) is 6.08 Å². The number of hydrogen-bond acceptors (Lipinski definition) is 6. The predicted octanol–water partition coefficient (Wildman–Crippen LogP) is 4.81. The SMILES string of the molecule is CCOc1cc(/C=C2/SC(=O)N(CC(=O)Nc3ccc(F)cc3F)C2=O)cc(Br)c1OC. The van der Waals surface area contributed by atoms with Crippen LogP contribution in [-0.2, 0) is 9.59 Å². The number of amides is 3. The second-order valence-corrected chi connectivity index (χ2v) is 8.25. The molecule has 11 heteroatoms. The number of carbonyl (C=O) groups is 3. The van der Waals surface area contributed by atoms with Gasteiger partial charge < -0.3 is 14.8 Å². The van der Waals surface area contributed by atoms with Crippen molar-refractivity contribution in [2.45, 2.75) is 6.92 Å². The van der Waals surface area contributed by atoms with E-state index in [1.54, 1.807) is 12.1 Å². The average molecular weight is 527 g/mol. The molecule has 0 aliphatic carbocycles. The smallest absolute Gasteiger partial charge is 0.294 e. The molecular weight excluding hydrogens is 510 g/mol. The first-order chi connectivity index (χ1) is 15.2. The Kier molecular flexibility index (Phi) is 7.52. The van der Waals surface area contributed by atoms with Gasteiger partial charge in [-0.3, -0.25) is 19.3 Å². The van der Waals surface area contributed by atoms with Gasteiger partial charge in [-0.25, -0.2) is 8.78 Å². The number of rotatable bonds is 7. The zero-order chi connectivity index (χ0) is 23.4. The lowest BCUT2D eigenvalue weighted by Gasteiger charge is -2.13. The molecule has 7 nitrogen and oxygen atoms in total. The van der Waals surface area contributed by atoms with Gasteiger partial charge in [0.25, 0.3) is 11.1 Å². The van der Waals surface area contributed by atoms with E-state index in [-0.39, 0.29) is 10.6 Å². The number of hydrogen-bond donors (Lipinski definition) is 1. The number of benzene rings is 2. The highest BCUT2D eigenvalue weighted by atomic mass is 79.9. The van der Waals surface area contributed by atoms with Crippen LogP contribution in [0, 0.1) is 11.6 Å². The van der Waals surface area contributed by atoms with Gasteiger partial charge in [0, 0.05) is 6.07 Å². The van der Waals surface area contributed by atoms with Crippen LogP contribution >= 0.6 is 27.7 Å². The summed E-state index contributed by atoms with van der Waals surface area (Å²) >= 11 is 4.05. The maximum atomic E-state index is 13.7. The molecule has 0 spiro atoms. The van der Waals surface area contributed by atoms with Crippen molar-refractivity contribution in [1.29, 1.82) is 0 Å². The van der Waals surface area contributed by atoms with Crippen molar-refractivity contribution in [2.24, 2.45) is 0 Å². The van der Waals surface area contributed by atoms with E-state index >= 15 is 0 Å². The van der Waals surface area contributed by atoms with E-state index in [9.17, 15) is 23.2 Å². The number of carbonyl (C=O) groups excluding carboxylic acids is 3. The highest BCUT2D eigenvalue weighted by molar-refractivity contribution is 9.10. The van der Waals surface area contributed by atoms with Crippen molar-refractivity contribution < 1.29 is 32.6 Å². The molecule has 1 saturated heterocycles. The van der Waals surface area contributed by atoms with Gasteiger partial charge in [-0.05, 0) is 70.5 Å². The van der Waals surface area contributed by atoms with Crippen LogP contribution in [0.4, 0.5) is 19.3 Å². The first kappa shape index (κ1) is 23.7. The summed E-state index contributed by atoms with van der Waals surface area (Å²) in [5.41, 5.74) is 0.315. The van der Waals surface area contributed by atoms with Gasteiger partial charge >= 0.3 is 0 Å². The molecule has 1 heterocycles. The molecule has 3 amide bonds. The topological polar surface area (TPSA) is 84.9 Å². The van der Waals surface area contributed by atoms with E-state index in [0.29, 0.717) is 46.0 Å². The Balaban J connectivity index is 1.77. The Bertz CT molecular complexity index is 1130. The Morgan fingerprint density at radius 3 is 2.66 bits per heavy atom. The average Bonchev–Trinajstić information content (AvgIpc) is 2.97. The Hall–Kier alpha value is -2.92. The molecule has 168 valence electrons. The lowest BCUT2D eigenvalue weighted by atomic mass is 10.2. The van der Waals surface area contributed by atoms with E-state index in [4.69, 9.17) is 9.47 Å². The van der Waals surface area contributed by atoms with Crippen LogP contribution in [0.3, 0.4) is 0 Å². The third-order valence-corrected chi connectivity index (χ3v) is 5.71. The fraction of sp³-hybridized carbons (Fsp3) is 0.190. The highest BCUT2D eigenvalue weighted by Gasteiger charge is 2.36. The summed E-state index contributed by atoms with van der Waals surface area (Å²) in [7, 11) is 1.50. The molecule has 1 N–H and O–H groups in total. The summed E-state index contributed by atoms with van der Waals surface area (Å²) in [5, 5.41) is 1.57. The van der Waals surface area contributed by atoms with Gasteiger partial charge in [0.15, 0.2) is 11.5 Å². The number of methoxy groups -OCH3 is 1. The van der Waals surface area contributed by atoms with Gasteiger partial charge in [0.2, 0.25) is 5.91 Å². The molecular formula is C21H17BrF2N2O5S. The van der Waals surface area contributed by atoms with Gasteiger partial charge in [-0.2, -0.15) is 0 Å². The molecule has 2 aromatic carbocycles. The van der Waals surface area contributed by atoms with Gasteiger partial charge in [0.05, 0.1) is 28.8 Å². The molecule has 2 aromatic rings. The van der Waals surface area contributed by atoms with Crippen molar-refractivity contribution in [3.05, 3.63) is 56.9 Å². The second-order valence-electron chi connectivity index (χ2n) is 6.41. The van der Waals surface area contributed by atoms with Crippen molar-refractivity contribution in [1.82, 2.24) is 4.90 Å². The number of thioether (sulfide) groups is 1. The maximum Gasteiger partial charge on any atom is 0.294 e. The zero-order valence-electron chi connectivity index (χ0n) is 16.9. The number of anilines is 1. The molecule has 1 aliphatic heterocycles. The summed E-state index contributed by atoms with van der Waals surface area (Å²) in [6.45, 7) is 1.59. The van der Waals surface area contributed by atoms with Crippen molar-refractivity contribution >= 4 is 56.5 Å². The lowest BCUT2D eigenvalue weighted by Crippen LogP contribution is -2.36. The largest absolute Gasteiger partial charge is 0.492 e. The van der Waals surface area contributed by atoms with E-state index in [2.05, 4.69) is 21.2 Å². The van der Waals surface area contributed by atoms with Crippen molar-refractivity contribution in [2.75, 3.05) is 25.6 Å². The molecule has 3 rings (SSSR count). The van der Waals surface area contributed by atoms with Crippen molar-refractivity contribution in [3.8, 4) is 11.5 Å². The third-order valence-electron chi connectivity index (χ3n) is 4.21. The lowest BCUT2D eigenvalue weighted by molar-refractivity contribution is -0.127. The summed E-state index contributed by atoms with van der Waals surface area (Å²) in [5.74, 6) is -2.29. The molecule has 0 unspecified atom stereocenters. The highest BCUT2D eigenvalue weighted by Crippen LogP contribution is 2.39. The van der Waals surface area contributed by atoms with Crippen LogP contribution < -0.4 is 14.8 Å². The predicted molar refractivity (Wildman–Crippen MR) is 120 cm³/mol. The van der Waals surface area contributed by atoms with Crippen molar-refractivity contribution in [3.63, 3.8) is 0 Å². The Morgan fingerprint density at radius 1 is 1.25 bits per heavy atom. The van der Waals surface area contributed by atoms with Gasteiger partial charge in [0.1, 0.15) is 18.2 Å². The Morgan fingerprint density at radius 2 is 2.00 bits per heavy atom. The number of imide groups is 1. The number of nitrogens with zero attached hydrogens (tertiary/aromatic N) is 1. The van der Waals surface area contributed by atoms with Crippen LogP contribution in [0.5, 0.6) is 11.5 Å². The second kappa shape index (κ2) is 10.1. The zero-order valence-corrected chi connectivity index (χ0v) is 19.3. The Labute approximate surface area is 194 Å². The molecule has 0 atom stereocenters.